The molecule has 0 saturated carbocycles. The summed E-state index contributed by atoms with van der Waals surface area (Å²) in [5.74, 6) is 1.59. The van der Waals surface area contributed by atoms with E-state index >= 15 is 0 Å². The number of nitrogens with zero attached hydrogens (tertiary/aromatic N) is 4. The van der Waals surface area contributed by atoms with Gasteiger partial charge in [0.25, 0.3) is 0 Å². The van der Waals surface area contributed by atoms with Gasteiger partial charge in [0.1, 0.15) is 5.82 Å². The molecule has 5 heteroatoms. The summed E-state index contributed by atoms with van der Waals surface area (Å²) in [5.41, 5.74) is 0. The smallest absolute Gasteiger partial charge is 0.222 e. The van der Waals surface area contributed by atoms with Gasteiger partial charge >= 0.3 is 0 Å². The van der Waals surface area contributed by atoms with Crippen molar-refractivity contribution in [2.45, 2.75) is 20.3 Å². The lowest BCUT2D eigenvalue weighted by Crippen LogP contribution is -2.49. The summed E-state index contributed by atoms with van der Waals surface area (Å²) in [5, 5.41) is 0. The number of carbonyl (C=O) groups excluding carboxylic acids is 1. The van der Waals surface area contributed by atoms with Gasteiger partial charge in [0.2, 0.25) is 5.91 Å². The highest BCUT2D eigenvalue weighted by Crippen LogP contribution is 2.13. The zero-order valence-corrected chi connectivity index (χ0v) is 11.0. The van der Waals surface area contributed by atoms with E-state index in [4.69, 9.17) is 0 Å². The standard InChI is InChI=1S/C13H20N4O/c1-11(2)9-13(18)17-7-5-16(6-8-17)12-10-14-3-4-15-12/h3-4,10-11H,5-9H2,1-2H3. The Morgan fingerprint density at radius 1 is 1.28 bits per heavy atom. The minimum absolute atomic E-state index is 0.267. The van der Waals surface area contributed by atoms with E-state index in [1.165, 1.54) is 0 Å². The molecule has 1 fully saturated rings. The summed E-state index contributed by atoms with van der Waals surface area (Å²) in [4.78, 5) is 24.4. The molecular formula is C13H20N4O. The van der Waals surface area contributed by atoms with Crippen LogP contribution in [0, 0.1) is 5.92 Å². The van der Waals surface area contributed by atoms with Gasteiger partial charge in [0, 0.05) is 45.0 Å². The minimum Gasteiger partial charge on any atom is -0.352 e. The lowest BCUT2D eigenvalue weighted by Gasteiger charge is -2.35. The van der Waals surface area contributed by atoms with Gasteiger partial charge in [0.15, 0.2) is 0 Å². The zero-order chi connectivity index (χ0) is 13.0. The van der Waals surface area contributed by atoms with Gasteiger partial charge in [-0.1, -0.05) is 13.8 Å². The monoisotopic (exact) mass is 248 g/mol. The fraction of sp³-hybridized carbons (Fsp3) is 0.615. The maximum atomic E-state index is 11.9. The average Bonchev–Trinajstić information content (AvgIpc) is 2.39. The van der Waals surface area contributed by atoms with Gasteiger partial charge in [-0.25, -0.2) is 4.98 Å². The van der Waals surface area contributed by atoms with Crippen LogP contribution in [0.15, 0.2) is 18.6 Å². The molecule has 0 bridgehead atoms. The first-order valence-corrected chi connectivity index (χ1v) is 6.45. The Balaban J connectivity index is 1.87. The maximum Gasteiger partial charge on any atom is 0.222 e. The molecule has 0 atom stereocenters. The van der Waals surface area contributed by atoms with Crippen molar-refractivity contribution >= 4 is 11.7 Å². The molecule has 1 saturated heterocycles. The van der Waals surface area contributed by atoms with Crippen LogP contribution in [-0.4, -0.2) is 47.0 Å². The number of hydrogen-bond acceptors (Lipinski definition) is 4. The highest BCUT2D eigenvalue weighted by atomic mass is 16.2. The molecule has 1 aliphatic rings. The number of anilines is 1. The summed E-state index contributed by atoms with van der Waals surface area (Å²) in [6.45, 7) is 7.39. The highest BCUT2D eigenvalue weighted by molar-refractivity contribution is 5.76. The first-order chi connectivity index (χ1) is 8.66. The molecule has 0 aliphatic carbocycles. The number of rotatable bonds is 3. The lowest BCUT2D eigenvalue weighted by molar-refractivity contribution is -0.132. The Bertz CT molecular complexity index is 385. The summed E-state index contributed by atoms with van der Waals surface area (Å²) in [7, 11) is 0. The Hall–Kier alpha value is -1.65. The molecule has 5 nitrogen and oxygen atoms in total. The van der Waals surface area contributed by atoms with Gasteiger partial charge in [-0.05, 0) is 5.92 Å². The van der Waals surface area contributed by atoms with Crippen LogP contribution < -0.4 is 4.90 Å². The highest BCUT2D eigenvalue weighted by Gasteiger charge is 2.22. The molecule has 0 aromatic carbocycles. The van der Waals surface area contributed by atoms with Crippen LogP contribution in [0.4, 0.5) is 5.82 Å². The van der Waals surface area contributed by atoms with Crippen molar-refractivity contribution in [3.63, 3.8) is 0 Å². The van der Waals surface area contributed by atoms with E-state index < -0.39 is 0 Å². The molecule has 1 amide bonds. The SMILES string of the molecule is CC(C)CC(=O)N1CCN(c2cnccn2)CC1. The second-order valence-electron chi connectivity index (χ2n) is 5.03. The van der Waals surface area contributed by atoms with Gasteiger partial charge in [-0.2, -0.15) is 0 Å². The first-order valence-electron chi connectivity index (χ1n) is 6.45. The summed E-state index contributed by atoms with van der Waals surface area (Å²) < 4.78 is 0. The number of amides is 1. The van der Waals surface area contributed by atoms with E-state index in [0.29, 0.717) is 12.3 Å². The quantitative estimate of drug-likeness (QED) is 0.805. The third-order valence-electron chi connectivity index (χ3n) is 3.09. The van der Waals surface area contributed by atoms with Crippen molar-refractivity contribution in [3.8, 4) is 0 Å². The topological polar surface area (TPSA) is 49.3 Å². The molecule has 0 unspecified atom stereocenters. The van der Waals surface area contributed by atoms with Crippen LogP contribution in [0.2, 0.25) is 0 Å². The van der Waals surface area contributed by atoms with Crippen molar-refractivity contribution in [3.05, 3.63) is 18.6 Å². The Morgan fingerprint density at radius 3 is 2.56 bits per heavy atom. The molecule has 1 aliphatic heterocycles. The number of carbonyl (C=O) groups is 1. The fourth-order valence-corrected chi connectivity index (χ4v) is 2.12. The van der Waals surface area contributed by atoms with Crippen LogP contribution in [0.25, 0.3) is 0 Å². The second kappa shape index (κ2) is 5.80. The van der Waals surface area contributed by atoms with Crippen molar-refractivity contribution in [1.29, 1.82) is 0 Å². The van der Waals surface area contributed by atoms with Crippen LogP contribution >= 0.6 is 0 Å². The third kappa shape index (κ3) is 3.18. The summed E-state index contributed by atoms with van der Waals surface area (Å²) >= 11 is 0. The number of hydrogen-bond donors (Lipinski definition) is 0. The van der Waals surface area contributed by atoms with Crippen molar-refractivity contribution in [1.82, 2.24) is 14.9 Å². The molecule has 1 aromatic heterocycles. The van der Waals surface area contributed by atoms with E-state index in [0.717, 1.165) is 32.0 Å². The van der Waals surface area contributed by atoms with Gasteiger partial charge < -0.3 is 9.80 Å². The zero-order valence-electron chi connectivity index (χ0n) is 11.0. The van der Waals surface area contributed by atoms with E-state index in [9.17, 15) is 4.79 Å². The average molecular weight is 248 g/mol. The molecule has 0 N–H and O–H groups in total. The Labute approximate surface area is 108 Å². The second-order valence-corrected chi connectivity index (χ2v) is 5.03. The molecule has 2 heterocycles. The molecule has 2 rings (SSSR count). The molecular weight excluding hydrogens is 228 g/mol. The van der Waals surface area contributed by atoms with E-state index in [1.54, 1.807) is 18.6 Å². The maximum absolute atomic E-state index is 11.9. The van der Waals surface area contributed by atoms with Gasteiger partial charge in [-0.15, -0.1) is 0 Å². The largest absolute Gasteiger partial charge is 0.352 e. The molecule has 18 heavy (non-hydrogen) atoms. The number of aromatic nitrogens is 2. The van der Waals surface area contributed by atoms with E-state index in [-0.39, 0.29) is 5.91 Å². The summed E-state index contributed by atoms with van der Waals surface area (Å²) in [6, 6.07) is 0. The number of piperazine rings is 1. The predicted molar refractivity (Wildman–Crippen MR) is 70.3 cm³/mol. The fourth-order valence-electron chi connectivity index (χ4n) is 2.12. The molecule has 1 aromatic rings. The molecule has 98 valence electrons. The minimum atomic E-state index is 0.267. The van der Waals surface area contributed by atoms with E-state index in [1.807, 2.05) is 4.90 Å². The van der Waals surface area contributed by atoms with Crippen molar-refractivity contribution < 1.29 is 4.79 Å². The van der Waals surface area contributed by atoms with Crippen LogP contribution in [0.5, 0.6) is 0 Å². The Morgan fingerprint density at radius 2 is 2.00 bits per heavy atom. The van der Waals surface area contributed by atoms with Crippen molar-refractivity contribution in [2.24, 2.45) is 5.92 Å². The van der Waals surface area contributed by atoms with Crippen LogP contribution in [0.3, 0.4) is 0 Å². The predicted octanol–water partition coefficient (Wildman–Crippen LogP) is 1.17. The first kappa shape index (κ1) is 12.8. The lowest BCUT2D eigenvalue weighted by atomic mass is 10.1. The third-order valence-corrected chi connectivity index (χ3v) is 3.09. The van der Waals surface area contributed by atoms with E-state index in [2.05, 4.69) is 28.7 Å². The van der Waals surface area contributed by atoms with Crippen LogP contribution in [0.1, 0.15) is 20.3 Å². The van der Waals surface area contributed by atoms with Crippen LogP contribution in [-0.2, 0) is 4.79 Å². The normalized spacial score (nSPS) is 16.2. The summed E-state index contributed by atoms with van der Waals surface area (Å²) in [6.07, 6.45) is 5.79. The van der Waals surface area contributed by atoms with Gasteiger partial charge in [0.05, 0.1) is 6.20 Å². The van der Waals surface area contributed by atoms with Crippen molar-refractivity contribution in [2.75, 3.05) is 31.1 Å². The molecule has 0 radical (unpaired) electrons. The molecule has 0 spiro atoms. The van der Waals surface area contributed by atoms with Gasteiger partial charge in [-0.3, -0.25) is 9.78 Å². The Kier molecular flexibility index (Phi) is 4.12.